The van der Waals surface area contributed by atoms with Gasteiger partial charge in [0.15, 0.2) is 0 Å². The Kier molecular flexibility index (Phi) is 3.13. The number of carbonyl (C=O) groups is 2. The molecule has 1 amide bonds. The molecule has 1 fully saturated rings. The van der Waals surface area contributed by atoms with Crippen molar-refractivity contribution in [1.29, 1.82) is 0 Å². The van der Waals surface area contributed by atoms with Crippen LogP contribution in [-0.2, 0) is 0 Å². The summed E-state index contributed by atoms with van der Waals surface area (Å²) in [5, 5.41) is 8.76. The van der Waals surface area contributed by atoms with E-state index in [1.54, 1.807) is 24.1 Å². The van der Waals surface area contributed by atoms with Crippen molar-refractivity contribution in [3.8, 4) is 0 Å². The van der Waals surface area contributed by atoms with Crippen molar-refractivity contribution in [2.75, 3.05) is 13.6 Å². The van der Waals surface area contributed by atoms with Crippen LogP contribution >= 0.6 is 0 Å². The molecule has 1 saturated carbocycles. The summed E-state index contributed by atoms with van der Waals surface area (Å²) < 4.78 is 0. The van der Waals surface area contributed by atoms with Crippen molar-refractivity contribution in [1.82, 2.24) is 4.90 Å². The van der Waals surface area contributed by atoms with Gasteiger partial charge in [0.1, 0.15) is 0 Å². The van der Waals surface area contributed by atoms with Gasteiger partial charge in [-0.3, -0.25) is 4.79 Å². The van der Waals surface area contributed by atoms with Crippen LogP contribution in [0.15, 0.2) is 24.3 Å². The Morgan fingerprint density at radius 1 is 1.24 bits per heavy atom. The second-order valence-corrected chi connectivity index (χ2v) is 4.51. The molecule has 0 radical (unpaired) electrons. The minimum Gasteiger partial charge on any atom is -0.478 e. The first-order chi connectivity index (χ1) is 8.08. The van der Waals surface area contributed by atoms with Crippen molar-refractivity contribution in [3.05, 3.63) is 35.4 Å². The van der Waals surface area contributed by atoms with Crippen molar-refractivity contribution < 1.29 is 14.7 Å². The van der Waals surface area contributed by atoms with Crippen LogP contribution in [0.2, 0.25) is 0 Å². The molecule has 1 aromatic rings. The molecule has 0 heterocycles. The maximum absolute atomic E-state index is 12.0. The normalized spacial score (nSPS) is 14.4. The predicted octanol–water partition coefficient (Wildman–Crippen LogP) is 1.87. The number of nitrogens with zero attached hydrogens (tertiary/aromatic N) is 1. The lowest BCUT2D eigenvalue weighted by atomic mass is 10.1. The first-order valence-corrected chi connectivity index (χ1v) is 5.67. The molecule has 1 aromatic carbocycles. The van der Waals surface area contributed by atoms with Gasteiger partial charge in [0.25, 0.3) is 5.91 Å². The highest BCUT2D eigenvalue weighted by molar-refractivity contribution is 5.95. The predicted molar refractivity (Wildman–Crippen MR) is 63.1 cm³/mol. The van der Waals surface area contributed by atoms with E-state index in [4.69, 9.17) is 5.11 Å². The number of rotatable bonds is 4. The monoisotopic (exact) mass is 233 g/mol. The van der Waals surface area contributed by atoms with E-state index < -0.39 is 5.97 Å². The molecule has 0 bridgehead atoms. The van der Waals surface area contributed by atoms with Crippen molar-refractivity contribution in [2.45, 2.75) is 12.8 Å². The molecule has 2 rings (SSSR count). The molecule has 17 heavy (non-hydrogen) atoms. The van der Waals surface area contributed by atoms with Crippen molar-refractivity contribution >= 4 is 11.9 Å². The van der Waals surface area contributed by atoms with E-state index >= 15 is 0 Å². The molecule has 1 N–H and O–H groups in total. The molecule has 0 unspecified atom stereocenters. The van der Waals surface area contributed by atoms with E-state index in [0.717, 1.165) is 6.54 Å². The highest BCUT2D eigenvalue weighted by atomic mass is 16.4. The summed E-state index contributed by atoms with van der Waals surface area (Å²) in [6.07, 6.45) is 2.41. The van der Waals surface area contributed by atoms with Gasteiger partial charge in [0, 0.05) is 19.2 Å². The zero-order valence-electron chi connectivity index (χ0n) is 9.72. The summed E-state index contributed by atoms with van der Waals surface area (Å²) in [4.78, 5) is 24.3. The van der Waals surface area contributed by atoms with Crippen LogP contribution in [0.3, 0.4) is 0 Å². The smallest absolute Gasteiger partial charge is 0.335 e. The van der Waals surface area contributed by atoms with Crippen LogP contribution in [0.4, 0.5) is 0 Å². The molecular weight excluding hydrogens is 218 g/mol. The van der Waals surface area contributed by atoms with Crippen LogP contribution in [0.25, 0.3) is 0 Å². The maximum Gasteiger partial charge on any atom is 0.335 e. The van der Waals surface area contributed by atoms with Crippen LogP contribution in [-0.4, -0.2) is 35.5 Å². The molecule has 1 aliphatic carbocycles. The highest BCUT2D eigenvalue weighted by Gasteiger charge is 2.25. The second-order valence-electron chi connectivity index (χ2n) is 4.51. The summed E-state index contributed by atoms with van der Waals surface area (Å²) >= 11 is 0. The van der Waals surface area contributed by atoms with Crippen LogP contribution < -0.4 is 0 Å². The quantitative estimate of drug-likeness (QED) is 0.863. The Bertz CT molecular complexity index is 434. The largest absolute Gasteiger partial charge is 0.478 e. The van der Waals surface area contributed by atoms with E-state index in [2.05, 4.69) is 0 Å². The van der Waals surface area contributed by atoms with Crippen molar-refractivity contribution in [2.24, 2.45) is 5.92 Å². The van der Waals surface area contributed by atoms with E-state index in [9.17, 15) is 9.59 Å². The Morgan fingerprint density at radius 3 is 2.24 bits per heavy atom. The van der Waals surface area contributed by atoms with Crippen molar-refractivity contribution in [3.63, 3.8) is 0 Å². The molecule has 0 spiro atoms. The molecule has 1 aliphatic rings. The van der Waals surface area contributed by atoms with Gasteiger partial charge >= 0.3 is 5.97 Å². The van der Waals surface area contributed by atoms with E-state index in [-0.39, 0.29) is 11.5 Å². The first kappa shape index (κ1) is 11.6. The fourth-order valence-corrected chi connectivity index (χ4v) is 1.75. The molecule has 0 saturated heterocycles. The van der Waals surface area contributed by atoms with Crippen LogP contribution in [0.1, 0.15) is 33.6 Å². The van der Waals surface area contributed by atoms with Crippen LogP contribution in [0.5, 0.6) is 0 Å². The third-order valence-corrected chi connectivity index (χ3v) is 2.95. The molecule has 4 heteroatoms. The van der Waals surface area contributed by atoms with Gasteiger partial charge in [-0.1, -0.05) is 0 Å². The SMILES string of the molecule is CN(CC1CC1)C(=O)c1ccc(C(=O)O)cc1. The number of aromatic carboxylic acids is 1. The zero-order valence-corrected chi connectivity index (χ0v) is 9.72. The van der Waals surface area contributed by atoms with Gasteiger partial charge in [-0.25, -0.2) is 4.79 Å². The Morgan fingerprint density at radius 2 is 1.76 bits per heavy atom. The second kappa shape index (κ2) is 4.57. The number of hydrogen-bond acceptors (Lipinski definition) is 2. The summed E-state index contributed by atoms with van der Waals surface area (Å²) in [5.41, 5.74) is 0.740. The van der Waals surface area contributed by atoms with Gasteiger partial charge in [0.05, 0.1) is 5.56 Å². The molecular formula is C13H15NO3. The lowest BCUT2D eigenvalue weighted by Gasteiger charge is -2.16. The number of hydrogen-bond donors (Lipinski definition) is 1. The Hall–Kier alpha value is -1.84. The lowest BCUT2D eigenvalue weighted by Crippen LogP contribution is -2.28. The molecule has 0 atom stereocenters. The summed E-state index contributed by atoms with van der Waals surface area (Å²) in [6.45, 7) is 0.791. The van der Waals surface area contributed by atoms with E-state index in [1.165, 1.54) is 25.0 Å². The molecule has 90 valence electrons. The fraction of sp³-hybridized carbons (Fsp3) is 0.385. The third kappa shape index (κ3) is 2.84. The number of carboxylic acids is 1. The lowest BCUT2D eigenvalue weighted by molar-refractivity contribution is 0.0695. The third-order valence-electron chi connectivity index (χ3n) is 2.95. The number of carboxylic acid groups (broad SMARTS) is 1. The summed E-state index contributed by atoms with van der Waals surface area (Å²) in [6, 6.07) is 6.05. The van der Waals surface area contributed by atoms with Crippen LogP contribution in [0, 0.1) is 5.92 Å². The first-order valence-electron chi connectivity index (χ1n) is 5.67. The molecule has 0 aliphatic heterocycles. The average molecular weight is 233 g/mol. The minimum atomic E-state index is -0.977. The fourth-order valence-electron chi connectivity index (χ4n) is 1.75. The number of benzene rings is 1. The Labute approximate surface area is 99.9 Å². The summed E-state index contributed by atoms with van der Waals surface area (Å²) in [7, 11) is 1.78. The van der Waals surface area contributed by atoms with Gasteiger partial charge in [-0.05, 0) is 43.0 Å². The maximum atomic E-state index is 12.0. The average Bonchev–Trinajstić information content (AvgIpc) is 3.12. The van der Waals surface area contributed by atoms with Gasteiger partial charge in [-0.15, -0.1) is 0 Å². The minimum absolute atomic E-state index is 0.0474. The van der Waals surface area contributed by atoms with E-state index in [1.807, 2.05) is 0 Å². The van der Waals surface area contributed by atoms with E-state index in [0.29, 0.717) is 11.5 Å². The van der Waals surface area contributed by atoms with Gasteiger partial charge in [-0.2, -0.15) is 0 Å². The topological polar surface area (TPSA) is 57.6 Å². The summed E-state index contributed by atoms with van der Waals surface area (Å²) in [5.74, 6) is -0.369. The molecule has 4 nitrogen and oxygen atoms in total. The zero-order chi connectivity index (χ0) is 12.4. The Balaban J connectivity index is 2.05. The molecule has 0 aromatic heterocycles. The highest BCUT2D eigenvalue weighted by Crippen LogP contribution is 2.29. The number of amides is 1. The number of carbonyl (C=O) groups excluding carboxylic acids is 1. The van der Waals surface area contributed by atoms with Gasteiger partial charge in [0.2, 0.25) is 0 Å². The van der Waals surface area contributed by atoms with Gasteiger partial charge < -0.3 is 10.0 Å². The standard InChI is InChI=1S/C13H15NO3/c1-14(8-9-2-3-9)12(15)10-4-6-11(7-5-10)13(16)17/h4-7,9H,2-3,8H2,1H3,(H,16,17).